The zero-order valence-electron chi connectivity index (χ0n) is 10.3. The summed E-state index contributed by atoms with van der Waals surface area (Å²) in [6.45, 7) is -5.60. The Morgan fingerprint density at radius 1 is 1.70 bits per heavy atom. The lowest BCUT2D eigenvalue weighted by molar-refractivity contribution is 0.342. The van der Waals surface area contributed by atoms with Crippen LogP contribution in [0.5, 0.6) is 5.75 Å². The summed E-state index contributed by atoms with van der Waals surface area (Å²) in [6.07, 6.45) is 0. The molecule has 0 amide bonds. The summed E-state index contributed by atoms with van der Waals surface area (Å²) in [5.41, 5.74) is 5.70. The first-order valence-corrected chi connectivity index (χ1v) is 2.77. The van der Waals surface area contributed by atoms with Crippen LogP contribution in [0.4, 0.5) is 5.69 Å². The summed E-state index contributed by atoms with van der Waals surface area (Å²) in [6, 6.07) is 6.15. The molecule has 0 saturated carbocycles. The molecular formula is C8H11NO. The molecule has 0 aliphatic carbocycles. The highest BCUT2D eigenvalue weighted by molar-refractivity contribution is 5.51. The van der Waals surface area contributed by atoms with Crippen LogP contribution < -0.4 is 10.5 Å². The van der Waals surface area contributed by atoms with E-state index in [-0.39, 0.29) is 11.4 Å². The first-order valence-electron chi connectivity index (χ1n) is 5.27. The van der Waals surface area contributed by atoms with Gasteiger partial charge in [-0.3, -0.25) is 0 Å². The Balaban J connectivity index is 2.92. The topological polar surface area (TPSA) is 35.2 Å². The summed E-state index contributed by atoms with van der Waals surface area (Å²) in [5, 5.41) is 0. The van der Waals surface area contributed by atoms with Gasteiger partial charge in [0.25, 0.3) is 0 Å². The molecule has 0 radical (unpaired) electrons. The van der Waals surface area contributed by atoms with Crippen molar-refractivity contribution in [2.75, 3.05) is 12.3 Å². The molecule has 0 heterocycles. The van der Waals surface area contributed by atoms with Crippen molar-refractivity contribution in [1.29, 1.82) is 0 Å². The van der Waals surface area contributed by atoms with Crippen LogP contribution in [0.25, 0.3) is 0 Å². The van der Waals surface area contributed by atoms with E-state index in [4.69, 9.17) is 17.3 Å². The molecule has 0 spiro atoms. The summed E-state index contributed by atoms with van der Waals surface area (Å²) < 4.78 is 40.1. The van der Waals surface area contributed by atoms with Gasteiger partial charge in [-0.05, 0) is 19.0 Å². The third-order valence-electron chi connectivity index (χ3n) is 1.08. The van der Waals surface area contributed by atoms with E-state index in [9.17, 15) is 0 Å². The molecule has 2 nitrogen and oxygen atoms in total. The lowest BCUT2D eigenvalue weighted by atomic mass is 10.3. The summed E-state index contributed by atoms with van der Waals surface area (Å²) in [7, 11) is 0. The van der Waals surface area contributed by atoms with Gasteiger partial charge < -0.3 is 10.5 Å². The minimum atomic E-state index is -2.85. The van der Waals surface area contributed by atoms with Gasteiger partial charge in [0.05, 0.1) is 15.0 Å². The van der Waals surface area contributed by atoms with Crippen LogP contribution in [0.2, 0.25) is 0 Å². The Hall–Kier alpha value is -1.18. The van der Waals surface area contributed by atoms with Crippen molar-refractivity contribution in [3.8, 4) is 5.75 Å². The monoisotopic (exact) mass is 142 g/mol. The number of rotatable bonds is 2. The van der Waals surface area contributed by atoms with Crippen molar-refractivity contribution in [3.63, 3.8) is 0 Å². The first-order chi connectivity index (χ1) is 6.74. The number of nitrogen functional groups attached to an aromatic ring is 1. The smallest absolute Gasteiger partial charge is 0.142 e. The van der Waals surface area contributed by atoms with Gasteiger partial charge >= 0.3 is 0 Å². The summed E-state index contributed by atoms with van der Waals surface area (Å²) in [4.78, 5) is 0. The van der Waals surface area contributed by atoms with Crippen LogP contribution >= 0.6 is 0 Å². The normalized spacial score (nSPS) is 19.4. The van der Waals surface area contributed by atoms with Crippen molar-refractivity contribution in [1.82, 2.24) is 0 Å². The molecule has 1 aromatic rings. The molecule has 0 atom stereocenters. The summed E-state index contributed by atoms with van der Waals surface area (Å²) in [5.74, 6) is 0.0265. The molecule has 0 aliphatic rings. The predicted molar refractivity (Wildman–Crippen MR) is 42.0 cm³/mol. The van der Waals surface area contributed by atoms with E-state index in [1.165, 1.54) is 12.1 Å². The highest BCUT2D eigenvalue weighted by atomic mass is 16.5. The van der Waals surface area contributed by atoms with E-state index in [0.717, 1.165) is 0 Å². The predicted octanol–water partition coefficient (Wildman–Crippen LogP) is 1.67. The molecule has 2 N–H and O–H groups in total. The number of hydrogen-bond donors (Lipinski definition) is 1. The third kappa shape index (κ3) is 1.41. The minimum Gasteiger partial charge on any atom is -0.492 e. The third-order valence-corrected chi connectivity index (χ3v) is 1.08. The molecular weight excluding hydrogens is 126 g/mol. The molecule has 0 unspecified atom stereocenters. The molecule has 0 bridgehead atoms. The molecule has 0 aliphatic heterocycles. The Bertz CT molecular complexity index is 349. The Kier molecular flexibility index (Phi) is 0.877. The van der Waals surface area contributed by atoms with Crippen LogP contribution in [-0.2, 0) is 0 Å². The van der Waals surface area contributed by atoms with Crippen LogP contribution in [0.3, 0.4) is 0 Å². The van der Waals surface area contributed by atoms with Gasteiger partial charge in [-0.25, -0.2) is 0 Å². The van der Waals surface area contributed by atoms with Gasteiger partial charge in [0.1, 0.15) is 5.75 Å². The van der Waals surface area contributed by atoms with Crippen molar-refractivity contribution < 1.29 is 11.6 Å². The van der Waals surface area contributed by atoms with Gasteiger partial charge in [-0.15, -0.1) is 0 Å². The number of nitrogens with two attached hydrogens (primary N) is 1. The van der Waals surface area contributed by atoms with Crippen molar-refractivity contribution in [2.24, 2.45) is 0 Å². The highest BCUT2D eigenvalue weighted by Gasteiger charge is 1.93. The van der Waals surface area contributed by atoms with Gasteiger partial charge in [0.15, 0.2) is 0 Å². The molecule has 0 fully saturated rings. The van der Waals surface area contributed by atoms with Crippen LogP contribution in [0, 0.1) is 0 Å². The molecule has 54 valence electrons. The van der Waals surface area contributed by atoms with Crippen molar-refractivity contribution in [2.45, 2.75) is 6.85 Å². The van der Waals surface area contributed by atoms with Crippen LogP contribution in [0.15, 0.2) is 24.3 Å². The van der Waals surface area contributed by atoms with Gasteiger partial charge in [-0.2, -0.15) is 0 Å². The standard InChI is InChI=1S/C8H11NO/c1-2-10-8-6-4-3-5-7(8)9/h3-6H,2,9H2,1H3/i1D3,2D2. The Labute approximate surface area is 67.6 Å². The summed E-state index contributed by atoms with van der Waals surface area (Å²) >= 11 is 0. The maximum absolute atomic E-state index is 7.24. The zero-order valence-corrected chi connectivity index (χ0v) is 5.29. The fraction of sp³-hybridized carbons (Fsp3) is 0.250. The fourth-order valence-corrected chi connectivity index (χ4v) is 0.628. The van der Waals surface area contributed by atoms with Gasteiger partial charge in [-0.1, -0.05) is 12.1 Å². The second-order valence-corrected chi connectivity index (χ2v) is 1.74. The van der Waals surface area contributed by atoms with Crippen LogP contribution in [-0.4, -0.2) is 6.56 Å². The number of anilines is 1. The number of benzene rings is 1. The number of hydrogen-bond acceptors (Lipinski definition) is 2. The van der Waals surface area contributed by atoms with Crippen LogP contribution in [0.1, 0.15) is 13.7 Å². The average molecular weight is 142 g/mol. The van der Waals surface area contributed by atoms with Crippen molar-refractivity contribution >= 4 is 5.69 Å². The van der Waals surface area contributed by atoms with Gasteiger partial charge in [0.2, 0.25) is 0 Å². The number of para-hydroxylation sites is 2. The maximum atomic E-state index is 7.24. The van der Waals surface area contributed by atoms with E-state index >= 15 is 0 Å². The average Bonchev–Trinajstić information content (AvgIpc) is 2.06. The largest absolute Gasteiger partial charge is 0.492 e. The van der Waals surface area contributed by atoms with E-state index < -0.39 is 13.4 Å². The number of ether oxygens (including phenoxy) is 1. The zero-order chi connectivity index (χ0) is 11.7. The van der Waals surface area contributed by atoms with Gasteiger partial charge in [0, 0.05) is 4.11 Å². The second-order valence-electron chi connectivity index (χ2n) is 1.74. The molecule has 1 aromatic carbocycles. The molecule has 10 heavy (non-hydrogen) atoms. The quantitative estimate of drug-likeness (QED) is 0.637. The molecule has 2 heteroatoms. The molecule has 0 saturated heterocycles. The fourth-order valence-electron chi connectivity index (χ4n) is 0.628. The van der Waals surface area contributed by atoms with E-state index in [1.807, 2.05) is 0 Å². The molecule has 0 aromatic heterocycles. The first kappa shape index (κ1) is 2.82. The lowest BCUT2D eigenvalue weighted by Gasteiger charge is -2.04. The minimum absolute atomic E-state index is 0.0265. The SMILES string of the molecule is [2H]C([2H])([2H])C([2H])([2H])Oc1ccccc1N. The van der Waals surface area contributed by atoms with E-state index in [1.54, 1.807) is 12.1 Å². The highest BCUT2D eigenvalue weighted by Crippen LogP contribution is 2.18. The Morgan fingerprint density at radius 3 is 3.20 bits per heavy atom. The van der Waals surface area contributed by atoms with E-state index in [2.05, 4.69) is 0 Å². The second kappa shape index (κ2) is 3.11. The molecule has 1 rings (SSSR count). The van der Waals surface area contributed by atoms with Crippen molar-refractivity contribution in [3.05, 3.63) is 24.3 Å². The Morgan fingerprint density at radius 2 is 2.50 bits per heavy atom. The van der Waals surface area contributed by atoms with E-state index in [0.29, 0.717) is 0 Å². The maximum Gasteiger partial charge on any atom is 0.142 e. The lowest BCUT2D eigenvalue weighted by Crippen LogP contribution is -1.95.